The van der Waals surface area contributed by atoms with Gasteiger partial charge in [0, 0.05) is 5.56 Å². The summed E-state index contributed by atoms with van der Waals surface area (Å²) in [6.07, 6.45) is -0.790. The summed E-state index contributed by atoms with van der Waals surface area (Å²) in [6.45, 7) is 7.27. The minimum absolute atomic E-state index is 0.219. The first kappa shape index (κ1) is 23.5. The van der Waals surface area contributed by atoms with Gasteiger partial charge in [-0.3, -0.25) is 4.79 Å². The van der Waals surface area contributed by atoms with Crippen LogP contribution in [-0.4, -0.2) is 17.6 Å². The number of alkyl carbamates (subject to hydrolysis) is 1. The Balaban J connectivity index is 1.82. The van der Waals surface area contributed by atoms with Gasteiger partial charge in [-0.05, 0) is 44.4 Å². The second kappa shape index (κ2) is 8.93. The number of carbonyl (C=O) groups excluding carboxylic acids is 2. The predicted molar refractivity (Wildman–Crippen MR) is 130 cm³/mol. The first-order valence-corrected chi connectivity index (χ1v) is 11.3. The molecule has 0 radical (unpaired) electrons. The number of fused-ring (bicyclic) bond motifs is 1. The highest BCUT2D eigenvalue weighted by molar-refractivity contribution is 6.08. The van der Waals surface area contributed by atoms with Gasteiger partial charge < -0.3 is 15.0 Å². The number of nitrogens with one attached hydrogen (secondary N) is 1. The number of halogens is 1. The summed E-state index contributed by atoms with van der Waals surface area (Å²) in [5.74, 6) is -0.717. The summed E-state index contributed by atoms with van der Waals surface area (Å²) in [5, 5.41) is 2.66. The zero-order valence-electron chi connectivity index (χ0n) is 19.8. The second-order valence-electron chi connectivity index (χ2n) is 9.55. The summed E-state index contributed by atoms with van der Waals surface area (Å²) in [7, 11) is 0. The third-order valence-corrected chi connectivity index (χ3v) is 5.83. The number of anilines is 1. The lowest BCUT2D eigenvalue weighted by Crippen LogP contribution is -2.48. The van der Waals surface area contributed by atoms with E-state index in [1.807, 2.05) is 43.3 Å². The fourth-order valence-electron chi connectivity index (χ4n) is 4.40. The molecule has 5 nitrogen and oxygen atoms in total. The zero-order valence-corrected chi connectivity index (χ0v) is 19.8. The first-order chi connectivity index (χ1) is 16.1. The Morgan fingerprint density at radius 2 is 1.62 bits per heavy atom. The van der Waals surface area contributed by atoms with Crippen molar-refractivity contribution in [3.05, 3.63) is 101 Å². The van der Waals surface area contributed by atoms with Crippen LogP contribution in [0.1, 0.15) is 49.1 Å². The lowest BCUT2D eigenvalue weighted by molar-refractivity contribution is -0.131. The number of nitrogens with zero attached hydrogens (tertiary/aromatic N) is 1. The fourth-order valence-corrected chi connectivity index (χ4v) is 4.40. The lowest BCUT2D eigenvalue weighted by atomic mass is 9.84. The Hall–Kier alpha value is -3.67. The minimum Gasteiger partial charge on any atom is -0.444 e. The van der Waals surface area contributed by atoms with Crippen molar-refractivity contribution in [3.8, 4) is 0 Å². The van der Waals surface area contributed by atoms with E-state index in [4.69, 9.17) is 4.74 Å². The molecule has 4 rings (SSSR count). The number of aryl methyl sites for hydroxylation is 1. The van der Waals surface area contributed by atoms with Gasteiger partial charge in [-0.15, -0.1) is 0 Å². The van der Waals surface area contributed by atoms with Crippen LogP contribution in [0.4, 0.5) is 14.9 Å². The largest absolute Gasteiger partial charge is 0.444 e. The number of hydrogen-bond donors (Lipinski definition) is 1. The lowest BCUT2D eigenvalue weighted by Gasteiger charge is -2.32. The molecule has 1 aliphatic heterocycles. The Bertz CT molecular complexity index is 1190. The highest BCUT2D eigenvalue weighted by Gasteiger charge is 2.58. The number of alkyl halides is 1. The van der Waals surface area contributed by atoms with Gasteiger partial charge in [-0.1, -0.05) is 78.9 Å². The van der Waals surface area contributed by atoms with Gasteiger partial charge in [0.15, 0.2) is 0 Å². The molecule has 1 N–H and O–H groups in total. The van der Waals surface area contributed by atoms with E-state index in [0.717, 1.165) is 11.1 Å². The molecule has 0 fully saturated rings. The summed E-state index contributed by atoms with van der Waals surface area (Å²) >= 11 is 0. The Kier molecular flexibility index (Phi) is 6.17. The number of para-hydroxylation sites is 1. The Labute approximate surface area is 199 Å². The maximum Gasteiger partial charge on any atom is 0.408 e. The van der Waals surface area contributed by atoms with E-state index in [1.165, 1.54) is 4.90 Å². The van der Waals surface area contributed by atoms with E-state index in [1.54, 1.807) is 63.2 Å². The van der Waals surface area contributed by atoms with Gasteiger partial charge in [0.1, 0.15) is 11.6 Å². The van der Waals surface area contributed by atoms with E-state index < -0.39 is 29.3 Å². The van der Waals surface area contributed by atoms with Crippen molar-refractivity contribution in [2.75, 3.05) is 4.90 Å². The first-order valence-electron chi connectivity index (χ1n) is 11.3. The average Bonchev–Trinajstić information content (AvgIpc) is 3.01. The SMILES string of the molecule is Cc1cccc2c1N(Cc1ccccc1)C(=O)[C@@]2(F)[C@@H](NC(=O)OC(C)(C)C)c1ccccc1. The molecule has 6 heteroatoms. The van der Waals surface area contributed by atoms with Gasteiger partial charge in [0.2, 0.25) is 5.67 Å². The normalized spacial score (nSPS) is 18.4. The van der Waals surface area contributed by atoms with E-state index >= 15 is 4.39 Å². The second-order valence-corrected chi connectivity index (χ2v) is 9.55. The maximum absolute atomic E-state index is 17.3. The summed E-state index contributed by atoms with van der Waals surface area (Å²) in [5.41, 5.74) is -0.394. The van der Waals surface area contributed by atoms with Crippen LogP contribution >= 0.6 is 0 Å². The van der Waals surface area contributed by atoms with Crippen molar-refractivity contribution >= 4 is 17.7 Å². The summed E-state index contributed by atoms with van der Waals surface area (Å²) < 4.78 is 22.7. The van der Waals surface area contributed by atoms with Crippen LogP contribution in [0.2, 0.25) is 0 Å². The quantitative estimate of drug-likeness (QED) is 0.510. The molecule has 3 aromatic rings. The number of carbonyl (C=O) groups is 2. The molecular formula is C28H29FN2O3. The third kappa shape index (κ3) is 4.40. The number of ether oxygens (including phenoxy) is 1. The van der Waals surface area contributed by atoms with Crippen LogP contribution in [0.15, 0.2) is 78.9 Å². The van der Waals surface area contributed by atoms with Gasteiger partial charge in [-0.2, -0.15) is 0 Å². The van der Waals surface area contributed by atoms with E-state index in [9.17, 15) is 9.59 Å². The zero-order chi connectivity index (χ0) is 24.5. The molecule has 0 saturated carbocycles. The van der Waals surface area contributed by atoms with Gasteiger partial charge in [-0.25, -0.2) is 9.18 Å². The van der Waals surface area contributed by atoms with Crippen LogP contribution in [0.25, 0.3) is 0 Å². The topological polar surface area (TPSA) is 58.6 Å². The number of amides is 2. The van der Waals surface area contributed by atoms with Crippen LogP contribution in [0.3, 0.4) is 0 Å². The smallest absolute Gasteiger partial charge is 0.408 e. The standard InChI is InChI=1S/C28H29FN2O3/c1-19-12-11-17-22-23(19)31(18-20-13-7-5-8-14-20)25(32)28(22,29)24(21-15-9-6-10-16-21)30-26(33)34-27(2,3)4/h5-17,24H,18H2,1-4H3,(H,30,33)/t24-,28-/m0/s1. The van der Waals surface area contributed by atoms with E-state index in [0.29, 0.717) is 11.3 Å². The van der Waals surface area contributed by atoms with Crippen molar-refractivity contribution in [2.45, 2.75) is 51.6 Å². The highest BCUT2D eigenvalue weighted by atomic mass is 19.1. The summed E-state index contributed by atoms with van der Waals surface area (Å²) in [4.78, 5) is 28.1. The molecule has 0 aromatic heterocycles. The molecule has 2 amide bonds. The molecule has 0 bridgehead atoms. The molecule has 0 unspecified atom stereocenters. The molecule has 2 atom stereocenters. The Morgan fingerprint density at radius 3 is 2.24 bits per heavy atom. The molecule has 3 aromatic carbocycles. The number of benzene rings is 3. The van der Waals surface area contributed by atoms with Crippen molar-refractivity contribution in [1.82, 2.24) is 5.32 Å². The van der Waals surface area contributed by atoms with Crippen molar-refractivity contribution in [3.63, 3.8) is 0 Å². The number of rotatable bonds is 5. The van der Waals surface area contributed by atoms with Gasteiger partial charge in [0.25, 0.3) is 5.91 Å². The van der Waals surface area contributed by atoms with Gasteiger partial charge in [0.05, 0.1) is 12.2 Å². The fraction of sp³-hybridized carbons (Fsp3) is 0.286. The Morgan fingerprint density at radius 1 is 1.00 bits per heavy atom. The van der Waals surface area contributed by atoms with Crippen molar-refractivity contribution < 1.29 is 18.7 Å². The molecule has 1 aliphatic rings. The van der Waals surface area contributed by atoms with Crippen LogP contribution in [-0.2, 0) is 21.7 Å². The maximum atomic E-state index is 17.3. The molecular weight excluding hydrogens is 431 g/mol. The minimum atomic E-state index is -2.52. The van der Waals surface area contributed by atoms with Crippen molar-refractivity contribution in [2.24, 2.45) is 0 Å². The molecule has 1 heterocycles. The van der Waals surface area contributed by atoms with Gasteiger partial charge >= 0.3 is 6.09 Å². The molecule has 0 spiro atoms. The highest BCUT2D eigenvalue weighted by Crippen LogP contribution is 2.51. The van der Waals surface area contributed by atoms with Crippen molar-refractivity contribution in [1.29, 1.82) is 0 Å². The van der Waals surface area contributed by atoms with Crippen LogP contribution in [0.5, 0.6) is 0 Å². The molecule has 0 aliphatic carbocycles. The van der Waals surface area contributed by atoms with E-state index in [-0.39, 0.29) is 12.1 Å². The molecule has 34 heavy (non-hydrogen) atoms. The predicted octanol–water partition coefficient (Wildman–Crippen LogP) is 5.97. The number of hydrogen-bond acceptors (Lipinski definition) is 3. The third-order valence-electron chi connectivity index (χ3n) is 5.83. The van der Waals surface area contributed by atoms with E-state index in [2.05, 4.69) is 5.32 Å². The summed E-state index contributed by atoms with van der Waals surface area (Å²) in [6, 6.07) is 22.1. The molecule has 176 valence electrons. The monoisotopic (exact) mass is 460 g/mol. The van der Waals surface area contributed by atoms with Crippen LogP contribution < -0.4 is 10.2 Å². The van der Waals surface area contributed by atoms with Crippen LogP contribution in [0, 0.1) is 6.92 Å². The average molecular weight is 461 g/mol. The molecule has 0 saturated heterocycles.